The lowest BCUT2D eigenvalue weighted by atomic mass is 10.0. The number of hydrogen-bond donors (Lipinski definition) is 0. The molecule has 0 N–H and O–H groups in total. The maximum atomic E-state index is 8.95. The van der Waals surface area contributed by atoms with Crippen molar-refractivity contribution in [2.45, 2.75) is 6.92 Å². The fraction of sp³-hybridized carbons (Fsp3) is 0.188. The monoisotopic (exact) mass is 347 g/mol. The van der Waals surface area contributed by atoms with Crippen LogP contribution < -0.4 is 0 Å². The Hall–Kier alpha value is -2.29. The average Bonchev–Trinajstić information content (AvgIpc) is 2.55. The maximum absolute atomic E-state index is 8.95. The van der Waals surface area contributed by atoms with E-state index in [1.165, 1.54) is 11.1 Å². The summed E-state index contributed by atoms with van der Waals surface area (Å²) in [6.07, 6.45) is 1.27. The summed E-state index contributed by atoms with van der Waals surface area (Å²) in [4.78, 5) is 6.20. The Labute approximate surface area is 145 Å². The van der Waals surface area contributed by atoms with E-state index in [0.717, 1.165) is 5.56 Å². The second-order valence-corrected chi connectivity index (χ2v) is 5.45. The number of hydrogen-bond acceptors (Lipinski definition) is 5. The molecule has 1 aliphatic rings. The Morgan fingerprint density at radius 3 is 2.70 bits per heavy atom. The standard InChI is InChI=1S/C16H15Cl2N5/c1-4-22(3)16-14(11-7-5-6-8-12(11)17)15(18)21-13(9-10-19)23(16)20-2/h5-9H,2,4H2,1,3H3/b13-9+. The van der Waals surface area contributed by atoms with Crippen molar-refractivity contribution in [2.75, 3.05) is 13.6 Å². The molecule has 1 aliphatic heterocycles. The summed E-state index contributed by atoms with van der Waals surface area (Å²) in [7, 11) is 1.89. The molecule has 1 aromatic rings. The first kappa shape index (κ1) is 17.1. The minimum atomic E-state index is 0.245. The van der Waals surface area contributed by atoms with Crippen molar-refractivity contribution in [3.8, 4) is 6.07 Å². The molecule has 1 heterocycles. The van der Waals surface area contributed by atoms with E-state index in [1.807, 2.05) is 43.1 Å². The van der Waals surface area contributed by atoms with E-state index < -0.39 is 0 Å². The molecule has 0 aliphatic carbocycles. The number of nitrogens with zero attached hydrogens (tertiary/aromatic N) is 5. The normalized spacial score (nSPS) is 16.2. The third-order valence-corrected chi connectivity index (χ3v) is 3.98. The van der Waals surface area contributed by atoms with Crippen LogP contribution in [0.2, 0.25) is 5.02 Å². The highest BCUT2D eigenvalue weighted by molar-refractivity contribution is 6.76. The van der Waals surface area contributed by atoms with E-state index >= 15 is 0 Å². The molecule has 0 saturated heterocycles. The summed E-state index contributed by atoms with van der Waals surface area (Å²) in [5.41, 5.74) is 1.38. The van der Waals surface area contributed by atoms with Gasteiger partial charge in [-0.1, -0.05) is 41.4 Å². The highest BCUT2D eigenvalue weighted by Crippen LogP contribution is 2.36. The van der Waals surface area contributed by atoms with E-state index in [4.69, 9.17) is 28.5 Å². The van der Waals surface area contributed by atoms with Crippen LogP contribution in [0.1, 0.15) is 12.5 Å². The van der Waals surface area contributed by atoms with Crippen molar-refractivity contribution in [2.24, 2.45) is 10.1 Å². The second kappa shape index (κ2) is 7.32. The van der Waals surface area contributed by atoms with Crippen molar-refractivity contribution < 1.29 is 0 Å². The van der Waals surface area contributed by atoms with Crippen LogP contribution in [0.4, 0.5) is 0 Å². The fourth-order valence-corrected chi connectivity index (χ4v) is 2.70. The van der Waals surface area contributed by atoms with Gasteiger partial charge < -0.3 is 4.90 Å². The van der Waals surface area contributed by atoms with Gasteiger partial charge >= 0.3 is 0 Å². The predicted molar refractivity (Wildman–Crippen MR) is 95.0 cm³/mol. The van der Waals surface area contributed by atoms with Crippen LogP contribution in [-0.2, 0) is 0 Å². The Balaban J connectivity index is 2.79. The lowest BCUT2D eigenvalue weighted by molar-refractivity contribution is 0.292. The van der Waals surface area contributed by atoms with E-state index in [-0.39, 0.29) is 5.17 Å². The predicted octanol–water partition coefficient (Wildman–Crippen LogP) is 3.89. The summed E-state index contributed by atoms with van der Waals surface area (Å²) >= 11 is 12.7. The number of hydrazone groups is 1. The Bertz CT molecular complexity index is 758. The Kier molecular flexibility index (Phi) is 5.43. The summed E-state index contributed by atoms with van der Waals surface area (Å²) in [6, 6.07) is 9.29. The fourth-order valence-electron chi connectivity index (χ4n) is 2.20. The van der Waals surface area contributed by atoms with Gasteiger partial charge in [0.2, 0.25) is 0 Å². The summed E-state index contributed by atoms with van der Waals surface area (Å²) in [5, 5.41) is 15.2. The van der Waals surface area contributed by atoms with Gasteiger partial charge in [0.05, 0.1) is 17.7 Å². The first-order chi connectivity index (χ1) is 11.0. The molecule has 0 aromatic heterocycles. The minimum absolute atomic E-state index is 0.245. The van der Waals surface area contributed by atoms with Crippen LogP contribution in [-0.4, -0.2) is 35.4 Å². The molecule has 1 aromatic carbocycles. The SMILES string of the molecule is C=NN1C(N(C)CC)=C(c2ccccc2Cl)C(Cl)=N/C1=C\C#N. The molecule has 0 fully saturated rings. The van der Waals surface area contributed by atoms with Gasteiger partial charge in [0.15, 0.2) is 5.82 Å². The van der Waals surface area contributed by atoms with Crippen LogP contribution in [0.3, 0.4) is 0 Å². The highest BCUT2D eigenvalue weighted by Gasteiger charge is 2.30. The molecule has 0 atom stereocenters. The zero-order valence-corrected chi connectivity index (χ0v) is 14.3. The minimum Gasteiger partial charge on any atom is -0.359 e. The topological polar surface area (TPSA) is 55.0 Å². The lowest BCUT2D eigenvalue weighted by Gasteiger charge is -2.34. The van der Waals surface area contributed by atoms with E-state index in [0.29, 0.717) is 28.8 Å². The molecular formula is C16H15Cl2N5. The van der Waals surface area contributed by atoms with Gasteiger partial charge in [-0.3, -0.25) is 0 Å². The molecular weight excluding hydrogens is 333 g/mol. The molecule has 0 radical (unpaired) electrons. The van der Waals surface area contributed by atoms with Crippen LogP contribution in [0.25, 0.3) is 5.57 Å². The van der Waals surface area contributed by atoms with Gasteiger partial charge in [-0.25, -0.2) is 4.99 Å². The molecule has 0 saturated carbocycles. The quantitative estimate of drug-likeness (QED) is 0.613. The molecule has 118 valence electrons. The van der Waals surface area contributed by atoms with Crippen LogP contribution in [0.5, 0.6) is 0 Å². The number of halogens is 2. The molecule has 23 heavy (non-hydrogen) atoms. The number of rotatable bonds is 4. The molecule has 0 bridgehead atoms. The van der Waals surface area contributed by atoms with Crippen molar-refractivity contribution in [3.63, 3.8) is 0 Å². The van der Waals surface area contributed by atoms with E-state index in [1.54, 1.807) is 6.07 Å². The second-order valence-electron chi connectivity index (χ2n) is 4.68. The molecule has 0 amide bonds. The Morgan fingerprint density at radius 2 is 2.13 bits per heavy atom. The van der Waals surface area contributed by atoms with E-state index in [9.17, 15) is 0 Å². The zero-order chi connectivity index (χ0) is 17.0. The highest BCUT2D eigenvalue weighted by atomic mass is 35.5. The van der Waals surface area contributed by atoms with Gasteiger partial charge in [-0.2, -0.15) is 15.4 Å². The van der Waals surface area contributed by atoms with Gasteiger partial charge in [0, 0.05) is 30.9 Å². The Morgan fingerprint density at radius 1 is 1.43 bits per heavy atom. The van der Waals surface area contributed by atoms with Gasteiger partial charge in [0.25, 0.3) is 0 Å². The van der Waals surface area contributed by atoms with E-state index in [2.05, 4.69) is 16.8 Å². The van der Waals surface area contributed by atoms with Crippen molar-refractivity contribution in [1.82, 2.24) is 9.91 Å². The summed E-state index contributed by atoms with van der Waals surface area (Å²) < 4.78 is 0. The first-order valence-corrected chi connectivity index (χ1v) is 7.62. The van der Waals surface area contributed by atoms with Gasteiger partial charge in [-0.15, -0.1) is 0 Å². The number of nitriles is 1. The van der Waals surface area contributed by atoms with Crippen LogP contribution >= 0.6 is 23.2 Å². The van der Waals surface area contributed by atoms with Crippen molar-refractivity contribution >= 4 is 40.7 Å². The third-order valence-electron chi connectivity index (χ3n) is 3.37. The number of allylic oxidation sites excluding steroid dienone is 2. The molecule has 0 unspecified atom stereocenters. The third kappa shape index (κ3) is 3.24. The zero-order valence-electron chi connectivity index (χ0n) is 12.8. The van der Waals surface area contributed by atoms with Gasteiger partial charge in [0.1, 0.15) is 11.0 Å². The first-order valence-electron chi connectivity index (χ1n) is 6.86. The maximum Gasteiger partial charge on any atom is 0.167 e. The molecule has 7 heteroatoms. The lowest BCUT2D eigenvalue weighted by Crippen LogP contribution is -2.33. The summed E-state index contributed by atoms with van der Waals surface area (Å²) in [6.45, 7) is 6.26. The van der Waals surface area contributed by atoms with Crippen LogP contribution in [0, 0.1) is 11.3 Å². The number of benzene rings is 1. The van der Waals surface area contributed by atoms with Gasteiger partial charge in [-0.05, 0) is 13.0 Å². The largest absolute Gasteiger partial charge is 0.359 e. The number of aliphatic imine (C=N–C) groups is 1. The van der Waals surface area contributed by atoms with Crippen molar-refractivity contribution in [3.05, 3.63) is 52.6 Å². The van der Waals surface area contributed by atoms with Crippen molar-refractivity contribution in [1.29, 1.82) is 5.26 Å². The average molecular weight is 348 g/mol. The molecule has 2 rings (SSSR count). The molecule has 5 nitrogen and oxygen atoms in total. The summed E-state index contributed by atoms with van der Waals surface area (Å²) in [5.74, 6) is 0.968. The smallest absolute Gasteiger partial charge is 0.167 e. The van der Waals surface area contributed by atoms with Crippen LogP contribution in [0.15, 0.2) is 52.1 Å². The molecule has 0 spiro atoms.